The van der Waals surface area contributed by atoms with Crippen LogP contribution in [0.1, 0.15) is 12.7 Å². The third-order valence-electron chi connectivity index (χ3n) is 2.50. The van der Waals surface area contributed by atoms with E-state index in [1.54, 1.807) is 0 Å². The molecule has 0 unspecified atom stereocenters. The van der Waals surface area contributed by atoms with Gasteiger partial charge in [-0.2, -0.15) is 0 Å². The van der Waals surface area contributed by atoms with Crippen molar-refractivity contribution >= 4 is 28.4 Å². The molecule has 0 aliphatic carbocycles. The third-order valence-corrected chi connectivity index (χ3v) is 3.52. The predicted octanol–water partition coefficient (Wildman–Crippen LogP) is 3.35. The second-order valence-corrected chi connectivity index (χ2v) is 4.70. The average molecular weight is 339 g/mol. The van der Waals surface area contributed by atoms with Crippen molar-refractivity contribution in [1.82, 2.24) is 9.97 Å². The smallest absolute Gasteiger partial charge is 0.143 e. The fraction of sp³-hybridized carbons (Fsp3) is 0.231. The van der Waals surface area contributed by atoms with Crippen LogP contribution in [0.4, 0.5) is 5.82 Å². The molecule has 17 heavy (non-hydrogen) atoms. The second kappa shape index (κ2) is 5.44. The number of nitrogens with zero attached hydrogens (tertiary/aromatic N) is 2. The Bertz CT molecular complexity index is 512. The molecule has 4 heteroatoms. The summed E-state index contributed by atoms with van der Waals surface area (Å²) in [5, 5.41) is 3.12. The summed E-state index contributed by atoms with van der Waals surface area (Å²) in [6, 6.07) is 10.2. The zero-order valence-corrected chi connectivity index (χ0v) is 12.0. The lowest BCUT2D eigenvalue weighted by Crippen LogP contribution is -2.04. The van der Waals surface area contributed by atoms with E-state index in [2.05, 4.69) is 56.9 Å². The number of nitrogens with one attached hydrogen (secondary N) is 1. The van der Waals surface area contributed by atoms with Gasteiger partial charge in [-0.25, -0.2) is 9.97 Å². The number of benzene rings is 1. The molecule has 0 saturated heterocycles. The van der Waals surface area contributed by atoms with E-state index in [4.69, 9.17) is 0 Å². The summed E-state index contributed by atoms with van der Waals surface area (Å²) >= 11 is 2.29. The van der Waals surface area contributed by atoms with E-state index < -0.39 is 0 Å². The van der Waals surface area contributed by atoms with Crippen LogP contribution >= 0.6 is 22.6 Å². The zero-order valence-electron chi connectivity index (χ0n) is 9.87. The summed E-state index contributed by atoms with van der Waals surface area (Å²) in [4.78, 5) is 9.08. The van der Waals surface area contributed by atoms with Crippen molar-refractivity contribution in [3.63, 3.8) is 0 Å². The number of aryl methyl sites for hydroxylation is 1. The highest BCUT2D eigenvalue weighted by Gasteiger charge is 2.11. The standard InChI is InChI=1S/C13H14IN3/c1-3-10-16-12(9-7-5-4-6-8-9)11(14)13(15-2)17-10/h4-8H,3H2,1-2H3,(H,15,16,17). The van der Waals surface area contributed by atoms with E-state index >= 15 is 0 Å². The summed E-state index contributed by atoms with van der Waals surface area (Å²) in [6.45, 7) is 2.07. The second-order valence-electron chi connectivity index (χ2n) is 3.62. The molecule has 0 amide bonds. The summed E-state index contributed by atoms with van der Waals surface area (Å²) in [5.41, 5.74) is 2.13. The van der Waals surface area contributed by atoms with Crippen molar-refractivity contribution in [2.24, 2.45) is 0 Å². The first-order valence-electron chi connectivity index (χ1n) is 5.55. The minimum atomic E-state index is 0.839. The first-order chi connectivity index (χ1) is 8.26. The average Bonchev–Trinajstić information content (AvgIpc) is 2.40. The van der Waals surface area contributed by atoms with Crippen molar-refractivity contribution in [2.45, 2.75) is 13.3 Å². The number of hydrogen-bond donors (Lipinski definition) is 1. The van der Waals surface area contributed by atoms with Crippen LogP contribution in [0.5, 0.6) is 0 Å². The number of halogens is 1. The minimum Gasteiger partial charge on any atom is -0.372 e. The van der Waals surface area contributed by atoms with E-state index in [9.17, 15) is 0 Å². The van der Waals surface area contributed by atoms with Gasteiger partial charge in [0.25, 0.3) is 0 Å². The van der Waals surface area contributed by atoms with Gasteiger partial charge < -0.3 is 5.32 Å². The molecule has 0 radical (unpaired) electrons. The lowest BCUT2D eigenvalue weighted by Gasteiger charge is -2.10. The van der Waals surface area contributed by atoms with Crippen LogP contribution in [0.25, 0.3) is 11.3 Å². The van der Waals surface area contributed by atoms with Gasteiger partial charge in [0.2, 0.25) is 0 Å². The van der Waals surface area contributed by atoms with E-state index in [0.717, 1.165) is 32.9 Å². The maximum atomic E-state index is 4.61. The van der Waals surface area contributed by atoms with Gasteiger partial charge in [-0.15, -0.1) is 0 Å². The van der Waals surface area contributed by atoms with Crippen molar-refractivity contribution in [3.05, 3.63) is 39.7 Å². The summed E-state index contributed by atoms with van der Waals surface area (Å²) in [5.74, 6) is 1.77. The zero-order chi connectivity index (χ0) is 12.3. The fourth-order valence-corrected chi connectivity index (χ4v) is 2.43. The molecule has 2 aromatic rings. The van der Waals surface area contributed by atoms with E-state index in [-0.39, 0.29) is 0 Å². The molecule has 88 valence electrons. The highest BCUT2D eigenvalue weighted by molar-refractivity contribution is 14.1. The Morgan fingerprint density at radius 1 is 1.18 bits per heavy atom. The van der Waals surface area contributed by atoms with Gasteiger partial charge in [-0.05, 0) is 22.6 Å². The normalized spacial score (nSPS) is 10.3. The Kier molecular flexibility index (Phi) is 3.93. The SMILES string of the molecule is CCc1nc(NC)c(I)c(-c2ccccc2)n1. The van der Waals surface area contributed by atoms with E-state index in [0.29, 0.717) is 0 Å². The Morgan fingerprint density at radius 3 is 2.47 bits per heavy atom. The number of aromatic nitrogens is 2. The van der Waals surface area contributed by atoms with Crippen molar-refractivity contribution < 1.29 is 0 Å². The Labute approximate surface area is 115 Å². The molecule has 1 aromatic heterocycles. The van der Waals surface area contributed by atoms with Gasteiger partial charge in [0.15, 0.2) is 0 Å². The number of rotatable bonds is 3. The van der Waals surface area contributed by atoms with Gasteiger partial charge in [-0.3, -0.25) is 0 Å². The molecule has 0 aliphatic rings. The number of anilines is 1. The molecule has 1 aromatic carbocycles. The summed E-state index contributed by atoms with van der Waals surface area (Å²) in [6.07, 6.45) is 0.839. The number of hydrogen-bond acceptors (Lipinski definition) is 3. The maximum Gasteiger partial charge on any atom is 0.143 e. The lowest BCUT2D eigenvalue weighted by atomic mass is 10.1. The van der Waals surface area contributed by atoms with Crippen molar-refractivity contribution in [1.29, 1.82) is 0 Å². The van der Waals surface area contributed by atoms with Crippen LogP contribution in [-0.2, 0) is 6.42 Å². The van der Waals surface area contributed by atoms with Crippen molar-refractivity contribution in [3.8, 4) is 11.3 Å². The molecule has 0 bridgehead atoms. The first-order valence-corrected chi connectivity index (χ1v) is 6.63. The van der Waals surface area contributed by atoms with Crippen LogP contribution in [0, 0.1) is 3.57 Å². The van der Waals surface area contributed by atoms with Gasteiger partial charge >= 0.3 is 0 Å². The fourth-order valence-electron chi connectivity index (χ4n) is 1.60. The molecule has 0 saturated carbocycles. The monoisotopic (exact) mass is 339 g/mol. The summed E-state index contributed by atoms with van der Waals surface area (Å²) < 4.78 is 1.06. The molecular formula is C13H14IN3. The Morgan fingerprint density at radius 2 is 1.88 bits per heavy atom. The molecule has 0 fully saturated rings. The van der Waals surface area contributed by atoms with Gasteiger partial charge in [0.1, 0.15) is 11.6 Å². The molecule has 1 heterocycles. The molecule has 1 N–H and O–H groups in total. The third kappa shape index (κ3) is 2.57. The quantitative estimate of drug-likeness (QED) is 0.872. The van der Waals surface area contributed by atoms with Crippen molar-refractivity contribution in [2.75, 3.05) is 12.4 Å². The van der Waals surface area contributed by atoms with Gasteiger partial charge in [-0.1, -0.05) is 37.3 Å². The minimum absolute atomic E-state index is 0.839. The predicted molar refractivity (Wildman–Crippen MR) is 79.1 cm³/mol. The van der Waals surface area contributed by atoms with Gasteiger partial charge in [0, 0.05) is 19.0 Å². The molecule has 0 aliphatic heterocycles. The molecule has 3 nitrogen and oxygen atoms in total. The van der Waals surface area contributed by atoms with Crippen LogP contribution in [-0.4, -0.2) is 17.0 Å². The van der Waals surface area contributed by atoms with Crippen LogP contribution in [0.3, 0.4) is 0 Å². The Hall–Kier alpha value is -1.17. The topological polar surface area (TPSA) is 37.8 Å². The molecule has 0 atom stereocenters. The van der Waals surface area contributed by atoms with Crippen LogP contribution in [0.15, 0.2) is 30.3 Å². The van der Waals surface area contributed by atoms with E-state index in [1.165, 1.54) is 0 Å². The Balaban J connectivity index is 2.60. The van der Waals surface area contributed by atoms with Gasteiger partial charge in [0.05, 0.1) is 9.26 Å². The largest absolute Gasteiger partial charge is 0.372 e. The highest BCUT2D eigenvalue weighted by Crippen LogP contribution is 2.27. The van der Waals surface area contributed by atoms with E-state index in [1.807, 2.05) is 25.2 Å². The van der Waals surface area contributed by atoms with Crippen LogP contribution < -0.4 is 5.32 Å². The molecular weight excluding hydrogens is 325 g/mol. The maximum absolute atomic E-state index is 4.61. The van der Waals surface area contributed by atoms with Crippen LogP contribution in [0.2, 0.25) is 0 Å². The molecule has 0 spiro atoms. The summed E-state index contributed by atoms with van der Waals surface area (Å²) in [7, 11) is 1.89. The first kappa shape index (κ1) is 12.3. The lowest BCUT2D eigenvalue weighted by molar-refractivity contribution is 0.940. The highest BCUT2D eigenvalue weighted by atomic mass is 127. The molecule has 2 rings (SSSR count).